The molecule has 35 heavy (non-hydrogen) atoms. The fourth-order valence-corrected chi connectivity index (χ4v) is 7.80. The fourth-order valence-electron chi connectivity index (χ4n) is 4.90. The fraction of sp³-hybridized carbons (Fsp3) is 0.379. The third kappa shape index (κ3) is 6.90. The van der Waals surface area contributed by atoms with Crippen LogP contribution in [0.3, 0.4) is 0 Å². The topological polar surface area (TPSA) is 62.3 Å². The molecule has 2 aromatic carbocycles. The number of hydrogen-bond acceptors (Lipinski definition) is 3. The summed E-state index contributed by atoms with van der Waals surface area (Å²) in [5.74, 6) is 0.771. The van der Waals surface area contributed by atoms with Crippen LogP contribution in [-0.2, 0) is 15.8 Å². The molecule has 0 saturated carbocycles. The van der Waals surface area contributed by atoms with Gasteiger partial charge in [0.2, 0.25) is 13.2 Å². The van der Waals surface area contributed by atoms with Gasteiger partial charge in [-0.1, -0.05) is 55.3 Å². The maximum absolute atomic E-state index is 14.5. The van der Waals surface area contributed by atoms with E-state index >= 15 is 0 Å². The molecular formula is C29H36N3O2P. The molecule has 6 heteroatoms. The van der Waals surface area contributed by atoms with E-state index in [0.29, 0.717) is 12.3 Å². The highest BCUT2D eigenvalue weighted by Crippen LogP contribution is 2.49. The van der Waals surface area contributed by atoms with Gasteiger partial charge in [0.15, 0.2) is 0 Å². The molecule has 3 aromatic rings. The van der Waals surface area contributed by atoms with Gasteiger partial charge in [0.05, 0.1) is 0 Å². The number of nitrogens with zero attached hydrogens (tertiary/aromatic N) is 2. The molecule has 184 valence electrons. The highest BCUT2D eigenvalue weighted by Gasteiger charge is 2.36. The summed E-state index contributed by atoms with van der Waals surface area (Å²) in [5, 5.41) is 4.89. The lowest BCUT2D eigenvalue weighted by molar-refractivity contribution is -0.121. The number of unbranched alkanes of at least 4 members (excludes halogenated alkanes) is 1. The summed E-state index contributed by atoms with van der Waals surface area (Å²) in [7, 11) is -2.82. The van der Waals surface area contributed by atoms with Crippen molar-refractivity contribution in [3.63, 3.8) is 0 Å². The van der Waals surface area contributed by atoms with Crippen LogP contribution in [0.5, 0.6) is 0 Å². The number of aromatic nitrogens is 1. The Hall–Kier alpha value is -2.75. The maximum Gasteiger partial charge on any atom is 0.220 e. The second-order valence-electron chi connectivity index (χ2n) is 9.35. The summed E-state index contributed by atoms with van der Waals surface area (Å²) in [4.78, 5) is 16.2. The Morgan fingerprint density at radius 3 is 2.17 bits per heavy atom. The lowest BCUT2D eigenvalue weighted by atomic mass is 9.92. The summed E-state index contributed by atoms with van der Waals surface area (Å²) < 4.78 is 16.7. The van der Waals surface area contributed by atoms with E-state index in [1.807, 2.05) is 79.0 Å². The van der Waals surface area contributed by atoms with Crippen molar-refractivity contribution in [2.75, 3.05) is 19.6 Å². The number of benzene rings is 2. The molecule has 1 aliphatic heterocycles. The van der Waals surface area contributed by atoms with Gasteiger partial charge in [-0.3, -0.25) is 14.3 Å². The van der Waals surface area contributed by atoms with Crippen molar-refractivity contribution >= 4 is 23.8 Å². The van der Waals surface area contributed by atoms with E-state index in [0.717, 1.165) is 67.9 Å². The lowest BCUT2D eigenvalue weighted by Gasteiger charge is -2.38. The van der Waals surface area contributed by atoms with Crippen LogP contribution >= 0.6 is 7.29 Å². The molecule has 0 unspecified atom stereocenters. The zero-order valence-corrected chi connectivity index (χ0v) is 21.3. The molecule has 1 saturated heterocycles. The van der Waals surface area contributed by atoms with Crippen molar-refractivity contribution in [2.45, 2.75) is 44.9 Å². The Morgan fingerprint density at radius 2 is 1.57 bits per heavy atom. The van der Waals surface area contributed by atoms with Crippen LogP contribution in [0.2, 0.25) is 0 Å². The first-order valence-electron chi connectivity index (χ1n) is 12.8. The normalized spacial score (nSPS) is 15.1. The molecule has 0 spiro atoms. The Morgan fingerprint density at radius 1 is 0.914 bits per heavy atom. The Labute approximate surface area is 209 Å². The zero-order valence-electron chi connectivity index (χ0n) is 20.4. The SMILES string of the molecule is O=C(CCc1cccnc1)NCCCCC1CCN(P(=O)(c2ccccc2)c2ccccc2)CC1. The number of aryl methyl sites for hydroxylation is 1. The van der Waals surface area contributed by atoms with Crippen LogP contribution < -0.4 is 15.9 Å². The highest BCUT2D eigenvalue weighted by molar-refractivity contribution is 7.76. The van der Waals surface area contributed by atoms with Crippen LogP contribution in [0.15, 0.2) is 85.2 Å². The average Bonchev–Trinajstić information content (AvgIpc) is 2.93. The number of amides is 1. The van der Waals surface area contributed by atoms with Gasteiger partial charge in [-0.15, -0.1) is 0 Å². The van der Waals surface area contributed by atoms with E-state index in [1.54, 1.807) is 6.20 Å². The van der Waals surface area contributed by atoms with Crippen molar-refractivity contribution in [3.05, 3.63) is 90.8 Å². The van der Waals surface area contributed by atoms with Crippen LogP contribution in [0, 0.1) is 5.92 Å². The van der Waals surface area contributed by atoms with Crippen molar-refractivity contribution in [1.29, 1.82) is 0 Å². The number of hydrogen-bond donors (Lipinski definition) is 1. The third-order valence-electron chi connectivity index (χ3n) is 6.93. The number of piperidine rings is 1. The standard InChI is InChI=1S/C29H36N3O2P/c33-29(17-16-26-11-9-20-30-24-26)31-21-8-7-10-25-18-22-32(23-19-25)35(34,27-12-3-1-4-13-27)28-14-5-2-6-15-28/h1-6,9,11-15,20,24-25H,7-8,10,16-19,21-23H2,(H,31,33). The van der Waals surface area contributed by atoms with Gasteiger partial charge in [-0.2, -0.15) is 0 Å². The van der Waals surface area contributed by atoms with Gasteiger partial charge in [-0.25, -0.2) is 4.67 Å². The first-order valence-corrected chi connectivity index (χ1v) is 14.4. The number of nitrogens with one attached hydrogen (secondary N) is 1. The predicted octanol–water partition coefficient (Wildman–Crippen LogP) is 4.94. The van der Waals surface area contributed by atoms with E-state index in [-0.39, 0.29) is 5.91 Å². The van der Waals surface area contributed by atoms with Gasteiger partial charge in [0.1, 0.15) is 0 Å². The Kier molecular flexibility index (Phi) is 9.28. The molecule has 4 rings (SSSR count). The van der Waals surface area contributed by atoms with Gasteiger partial charge in [0, 0.05) is 49.1 Å². The molecule has 0 aliphatic carbocycles. The summed E-state index contributed by atoms with van der Waals surface area (Å²) >= 11 is 0. The van der Waals surface area contributed by atoms with Crippen molar-refractivity contribution in [2.24, 2.45) is 5.92 Å². The third-order valence-corrected chi connectivity index (χ3v) is 10.1. The van der Waals surface area contributed by atoms with Crippen molar-refractivity contribution < 1.29 is 9.36 Å². The number of carbonyl (C=O) groups is 1. The highest BCUT2D eigenvalue weighted by atomic mass is 31.2. The smallest absolute Gasteiger partial charge is 0.220 e. The molecule has 0 radical (unpaired) electrons. The van der Waals surface area contributed by atoms with Crippen LogP contribution in [-0.4, -0.2) is 35.2 Å². The molecule has 1 aromatic heterocycles. The molecule has 5 nitrogen and oxygen atoms in total. The average molecular weight is 490 g/mol. The Bertz CT molecular complexity index is 1040. The molecule has 2 heterocycles. The minimum atomic E-state index is -2.82. The Balaban J connectivity index is 1.20. The summed E-state index contributed by atoms with van der Waals surface area (Å²) in [6.45, 7) is 2.45. The molecule has 1 fully saturated rings. The second-order valence-corrected chi connectivity index (χ2v) is 12.1. The lowest BCUT2D eigenvalue weighted by Crippen LogP contribution is -2.38. The molecular weight excluding hydrogens is 453 g/mol. The quantitative estimate of drug-likeness (QED) is 0.306. The van der Waals surface area contributed by atoms with Gasteiger partial charge in [0.25, 0.3) is 0 Å². The summed E-state index contributed by atoms with van der Waals surface area (Å²) in [6, 6.07) is 23.8. The number of rotatable bonds is 11. The van der Waals surface area contributed by atoms with E-state index in [9.17, 15) is 9.36 Å². The molecule has 1 N–H and O–H groups in total. The molecule has 0 atom stereocenters. The van der Waals surface area contributed by atoms with E-state index in [1.165, 1.54) is 6.42 Å². The van der Waals surface area contributed by atoms with Gasteiger partial charge in [-0.05, 0) is 67.5 Å². The zero-order chi connectivity index (χ0) is 24.3. The first-order chi connectivity index (χ1) is 17.2. The monoisotopic (exact) mass is 489 g/mol. The number of carbonyl (C=O) groups excluding carboxylic acids is 1. The first kappa shape index (κ1) is 25.3. The summed E-state index contributed by atoms with van der Waals surface area (Å²) in [5.41, 5.74) is 1.10. The minimum Gasteiger partial charge on any atom is -0.356 e. The second kappa shape index (κ2) is 12.8. The van der Waals surface area contributed by atoms with Gasteiger partial charge >= 0.3 is 0 Å². The van der Waals surface area contributed by atoms with E-state index in [4.69, 9.17) is 0 Å². The summed E-state index contributed by atoms with van der Waals surface area (Å²) in [6.07, 6.45) is 10.2. The van der Waals surface area contributed by atoms with Crippen molar-refractivity contribution in [3.8, 4) is 0 Å². The number of pyridine rings is 1. The molecule has 0 bridgehead atoms. The molecule has 1 amide bonds. The molecule has 1 aliphatic rings. The largest absolute Gasteiger partial charge is 0.356 e. The predicted molar refractivity (Wildman–Crippen MR) is 143 cm³/mol. The van der Waals surface area contributed by atoms with E-state index < -0.39 is 7.29 Å². The van der Waals surface area contributed by atoms with E-state index in [2.05, 4.69) is 15.0 Å². The van der Waals surface area contributed by atoms with Crippen LogP contribution in [0.1, 0.15) is 44.1 Å². The minimum absolute atomic E-state index is 0.111. The van der Waals surface area contributed by atoms with Crippen LogP contribution in [0.4, 0.5) is 0 Å². The maximum atomic E-state index is 14.5. The van der Waals surface area contributed by atoms with Gasteiger partial charge < -0.3 is 5.32 Å². The van der Waals surface area contributed by atoms with Crippen LogP contribution in [0.25, 0.3) is 0 Å². The van der Waals surface area contributed by atoms with Crippen molar-refractivity contribution in [1.82, 2.24) is 15.0 Å².